The minimum atomic E-state index is -0.493. The molecule has 1 atom stereocenters. The van der Waals surface area contributed by atoms with Crippen LogP contribution in [0.2, 0.25) is 5.02 Å². The fraction of sp³-hybridized carbons (Fsp3) is 0.294. The normalized spacial score (nSPS) is 17.6. The minimum Gasteiger partial charge on any atom is -0.472 e. The number of rotatable bonds is 3. The van der Waals surface area contributed by atoms with Crippen molar-refractivity contribution >= 4 is 17.3 Å². The molecular formula is C17H15ClFN3O. The van der Waals surface area contributed by atoms with E-state index in [9.17, 15) is 9.65 Å². The Morgan fingerprint density at radius 1 is 1.35 bits per heavy atom. The van der Waals surface area contributed by atoms with Crippen LogP contribution in [-0.2, 0) is 0 Å². The molecule has 1 fully saturated rings. The molecule has 3 rings (SSSR count). The molecule has 2 aromatic rings. The molecule has 1 aliphatic heterocycles. The van der Waals surface area contributed by atoms with Gasteiger partial charge in [-0.05, 0) is 31.0 Å². The van der Waals surface area contributed by atoms with Gasteiger partial charge in [-0.3, -0.25) is 0 Å². The number of hydrogen-bond acceptors (Lipinski definition) is 4. The average Bonchev–Trinajstić information content (AvgIpc) is 2.57. The van der Waals surface area contributed by atoms with Crippen molar-refractivity contribution in [1.82, 2.24) is 4.98 Å². The van der Waals surface area contributed by atoms with E-state index in [1.807, 2.05) is 11.0 Å². The first-order chi connectivity index (χ1) is 11.2. The van der Waals surface area contributed by atoms with E-state index in [1.54, 1.807) is 24.3 Å². The zero-order valence-corrected chi connectivity index (χ0v) is 13.1. The van der Waals surface area contributed by atoms with Crippen LogP contribution in [0, 0.1) is 17.1 Å². The van der Waals surface area contributed by atoms with Crippen LogP contribution < -0.4 is 9.64 Å². The molecule has 0 N–H and O–H groups in total. The number of benzene rings is 1. The molecule has 0 aliphatic carbocycles. The van der Waals surface area contributed by atoms with Crippen molar-refractivity contribution in [2.45, 2.75) is 18.9 Å². The standard InChI is InChI=1S/C17H15ClFN3O/c18-12-6-7-17(21-10-12)23-13-3-2-8-22(11-13)16-5-1-4-15(19)14(16)9-20/h1,4-7,10,13H,2-3,8,11H2. The van der Waals surface area contributed by atoms with Gasteiger partial charge in [0.1, 0.15) is 23.6 Å². The van der Waals surface area contributed by atoms with Crippen molar-refractivity contribution in [2.75, 3.05) is 18.0 Å². The van der Waals surface area contributed by atoms with E-state index >= 15 is 0 Å². The first kappa shape index (κ1) is 15.6. The molecule has 2 heterocycles. The van der Waals surface area contributed by atoms with E-state index in [1.165, 1.54) is 12.3 Å². The number of nitriles is 1. The number of anilines is 1. The highest BCUT2D eigenvalue weighted by molar-refractivity contribution is 6.30. The smallest absolute Gasteiger partial charge is 0.213 e. The van der Waals surface area contributed by atoms with Gasteiger partial charge in [0.05, 0.1) is 17.3 Å². The van der Waals surface area contributed by atoms with Crippen LogP contribution in [0.3, 0.4) is 0 Å². The lowest BCUT2D eigenvalue weighted by Gasteiger charge is -2.34. The highest BCUT2D eigenvalue weighted by Crippen LogP contribution is 2.27. The Morgan fingerprint density at radius 3 is 2.96 bits per heavy atom. The second-order valence-electron chi connectivity index (χ2n) is 5.39. The average molecular weight is 332 g/mol. The molecule has 1 aromatic heterocycles. The number of nitrogens with zero attached hydrogens (tertiary/aromatic N) is 3. The summed E-state index contributed by atoms with van der Waals surface area (Å²) < 4.78 is 19.7. The van der Waals surface area contributed by atoms with Gasteiger partial charge in [0.15, 0.2) is 0 Å². The molecule has 0 bridgehead atoms. The van der Waals surface area contributed by atoms with Crippen LogP contribution in [0.15, 0.2) is 36.5 Å². The fourth-order valence-corrected chi connectivity index (χ4v) is 2.85. The highest BCUT2D eigenvalue weighted by Gasteiger charge is 2.24. The Hall–Kier alpha value is -2.32. The Morgan fingerprint density at radius 2 is 2.22 bits per heavy atom. The summed E-state index contributed by atoms with van der Waals surface area (Å²) in [5.74, 6) is 0.0217. The van der Waals surface area contributed by atoms with E-state index in [0.717, 1.165) is 19.4 Å². The van der Waals surface area contributed by atoms with Crippen molar-refractivity contribution < 1.29 is 9.13 Å². The molecule has 1 aliphatic rings. The van der Waals surface area contributed by atoms with Gasteiger partial charge >= 0.3 is 0 Å². The number of aromatic nitrogens is 1. The van der Waals surface area contributed by atoms with Gasteiger partial charge in [-0.2, -0.15) is 5.26 Å². The van der Waals surface area contributed by atoms with E-state index in [4.69, 9.17) is 16.3 Å². The van der Waals surface area contributed by atoms with Crippen LogP contribution in [0.5, 0.6) is 5.88 Å². The summed E-state index contributed by atoms with van der Waals surface area (Å²) in [5, 5.41) is 9.74. The lowest BCUT2D eigenvalue weighted by molar-refractivity contribution is 0.172. The quantitative estimate of drug-likeness (QED) is 0.858. The predicted molar refractivity (Wildman–Crippen MR) is 86.2 cm³/mol. The SMILES string of the molecule is N#Cc1c(F)cccc1N1CCCC(Oc2ccc(Cl)cn2)C1. The third kappa shape index (κ3) is 3.54. The summed E-state index contributed by atoms with van der Waals surface area (Å²) in [7, 11) is 0. The van der Waals surface area contributed by atoms with Gasteiger partial charge in [0, 0.05) is 18.8 Å². The third-order valence-electron chi connectivity index (χ3n) is 3.81. The molecule has 0 saturated carbocycles. The summed E-state index contributed by atoms with van der Waals surface area (Å²) in [4.78, 5) is 6.12. The van der Waals surface area contributed by atoms with Gasteiger partial charge in [-0.25, -0.2) is 9.37 Å². The summed E-state index contributed by atoms with van der Waals surface area (Å²) in [6, 6.07) is 10.1. The second-order valence-corrected chi connectivity index (χ2v) is 5.82. The Labute approximate surface area is 139 Å². The number of piperidine rings is 1. The van der Waals surface area contributed by atoms with Crippen LogP contribution in [0.4, 0.5) is 10.1 Å². The maximum Gasteiger partial charge on any atom is 0.213 e. The van der Waals surface area contributed by atoms with E-state index < -0.39 is 5.82 Å². The molecule has 1 aromatic carbocycles. The molecular weight excluding hydrogens is 317 g/mol. The Balaban J connectivity index is 1.75. The number of halogens is 2. The Kier molecular flexibility index (Phi) is 4.63. The minimum absolute atomic E-state index is 0.0627. The lowest BCUT2D eigenvalue weighted by atomic mass is 10.1. The summed E-state index contributed by atoms with van der Waals surface area (Å²) in [6.45, 7) is 1.36. The maximum atomic E-state index is 13.8. The van der Waals surface area contributed by atoms with E-state index in [-0.39, 0.29) is 11.7 Å². The molecule has 6 heteroatoms. The summed E-state index contributed by atoms with van der Waals surface area (Å²) in [6.07, 6.45) is 3.27. The first-order valence-electron chi connectivity index (χ1n) is 7.39. The van der Waals surface area contributed by atoms with Crippen molar-refractivity contribution in [3.05, 3.63) is 52.9 Å². The number of ether oxygens (including phenoxy) is 1. The maximum absolute atomic E-state index is 13.8. The summed E-state index contributed by atoms with van der Waals surface area (Å²) >= 11 is 5.81. The predicted octanol–water partition coefficient (Wildman–Crippen LogP) is 3.79. The van der Waals surface area contributed by atoms with Crippen molar-refractivity contribution in [1.29, 1.82) is 5.26 Å². The van der Waals surface area contributed by atoms with Crippen molar-refractivity contribution in [2.24, 2.45) is 0 Å². The lowest BCUT2D eigenvalue weighted by Crippen LogP contribution is -2.41. The zero-order chi connectivity index (χ0) is 16.2. The zero-order valence-electron chi connectivity index (χ0n) is 12.4. The highest BCUT2D eigenvalue weighted by atomic mass is 35.5. The molecule has 1 saturated heterocycles. The monoisotopic (exact) mass is 331 g/mol. The Bertz CT molecular complexity index is 730. The number of hydrogen-bond donors (Lipinski definition) is 0. The van der Waals surface area contributed by atoms with Crippen LogP contribution in [0.1, 0.15) is 18.4 Å². The molecule has 23 heavy (non-hydrogen) atoms. The van der Waals surface area contributed by atoms with Crippen LogP contribution >= 0.6 is 11.6 Å². The molecule has 1 unspecified atom stereocenters. The van der Waals surface area contributed by atoms with Crippen molar-refractivity contribution in [3.63, 3.8) is 0 Å². The largest absolute Gasteiger partial charge is 0.472 e. The fourth-order valence-electron chi connectivity index (χ4n) is 2.74. The second kappa shape index (κ2) is 6.84. The van der Waals surface area contributed by atoms with E-state index in [0.29, 0.717) is 23.1 Å². The van der Waals surface area contributed by atoms with E-state index in [2.05, 4.69) is 4.98 Å². The topological polar surface area (TPSA) is 49.2 Å². The molecule has 4 nitrogen and oxygen atoms in total. The molecule has 0 radical (unpaired) electrons. The molecule has 0 amide bonds. The summed E-state index contributed by atoms with van der Waals surface area (Å²) in [5.41, 5.74) is 0.697. The van der Waals surface area contributed by atoms with Gasteiger partial charge in [-0.1, -0.05) is 17.7 Å². The van der Waals surface area contributed by atoms with Crippen LogP contribution in [-0.4, -0.2) is 24.2 Å². The third-order valence-corrected chi connectivity index (χ3v) is 4.03. The number of pyridine rings is 1. The van der Waals surface area contributed by atoms with Gasteiger partial charge in [0.25, 0.3) is 0 Å². The van der Waals surface area contributed by atoms with Gasteiger partial charge < -0.3 is 9.64 Å². The van der Waals surface area contributed by atoms with Gasteiger partial charge in [0.2, 0.25) is 5.88 Å². The molecule has 0 spiro atoms. The molecule has 118 valence electrons. The first-order valence-corrected chi connectivity index (χ1v) is 7.77. The van der Waals surface area contributed by atoms with Gasteiger partial charge in [-0.15, -0.1) is 0 Å². The van der Waals surface area contributed by atoms with Crippen molar-refractivity contribution in [3.8, 4) is 11.9 Å². The van der Waals surface area contributed by atoms with Crippen LogP contribution in [0.25, 0.3) is 0 Å².